The van der Waals surface area contributed by atoms with Crippen LogP contribution in [0.15, 0.2) is 18.2 Å². The Hall–Kier alpha value is -0.700. The van der Waals surface area contributed by atoms with Gasteiger partial charge in [-0.1, -0.05) is 11.6 Å². The van der Waals surface area contributed by atoms with E-state index in [-0.39, 0.29) is 16.4 Å². The largest absolute Gasteiger partial charge is 0.284 e. The first-order chi connectivity index (χ1) is 8.13. The molecule has 0 aliphatic rings. The molecule has 1 aromatic carbocycles. The van der Waals surface area contributed by atoms with Crippen LogP contribution in [0.3, 0.4) is 0 Å². The molecule has 6 nitrogen and oxygen atoms in total. The molecule has 0 heterocycles. The fraction of sp³-hybridized carbons (Fsp3) is 0.250. The van der Waals surface area contributed by atoms with Crippen LogP contribution >= 0.6 is 23.2 Å². The van der Waals surface area contributed by atoms with Crippen molar-refractivity contribution in [2.24, 2.45) is 0 Å². The number of hydrogen-bond acceptors (Lipinski definition) is 4. The van der Waals surface area contributed by atoms with Crippen molar-refractivity contribution in [1.82, 2.24) is 0 Å². The second-order valence-corrected chi connectivity index (χ2v) is 7.86. The van der Waals surface area contributed by atoms with Gasteiger partial charge in [0, 0.05) is 0 Å². The molecule has 10 heteroatoms. The van der Waals surface area contributed by atoms with Gasteiger partial charge < -0.3 is 0 Å². The van der Waals surface area contributed by atoms with Crippen molar-refractivity contribution in [2.75, 3.05) is 20.9 Å². The van der Waals surface area contributed by atoms with E-state index in [1.165, 1.54) is 18.2 Å². The molecule has 1 rings (SSSR count). The van der Waals surface area contributed by atoms with Crippen LogP contribution in [0.4, 0.5) is 11.4 Å². The lowest BCUT2D eigenvalue weighted by Gasteiger charge is -2.10. The Morgan fingerprint density at radius 1 is 1.17 bits per heavy atom. The Labute approximate surface area is 115 Å². The van der Waals surface area contributed by atoms with Crippen LogP contribution in [0.25, 0.3) is 0 Å². The van der Waals surface area contributed by atoms with Crippen LogP contribution in [-0.4, -0.2) is 28.3 Å². The lowest BCUT2D eigenvalue weighted by atomic mass is 10.3. The number of halogens is 2. The summed E-state index contributed by atoms with van der Waals surface area (Å²) in [5.74, 6) is 0. The lowest BCUT2D eigenvalue weighted by Crippen LogP contribution is -2.14. The molecule has 102 valence electrons. The van der Waals surface area contributed by atoms with Crippen molar-refractivity contribution in [3.63, 3.8) is 0 Å². The van der Waals surface area contributed by atoms with Crippen molar-refractivity contribution < 1.29 is 16.8 Å². The number of hydrogen-bond donors (Lipinski definition) is 2. The van der Waals surface area contributed by atoms with Gasteiger partial charge >= 0.3 is 0 Å². The normalized spacial score (nSPS) is 12.2. The average Bonchev–Trinajstić information content (AvgIpc) is 2.21. The highest BCUT2D eigenvalue weighted by molar-refractivity contribution is 7.93. The maximum absolute atomic E-state index is 11.3. The molecule has 0 atom stereocenters. The van der Waals surface area contributed by atoms with Gasteiger partial charge in [-0.3, -0.25) is 9.44 Å². The van der Waals surface area contributed by atoms with E-state index in [2.05, 4.69) is 9.44 Å². The Morgan fingerprint density at radius 2 is 1.78 bits per heavy atom. The fourth-order valence-electron chi connectivity index (χ4n) is 1.08. The van der Waals surface area contributed by atoms with E-state index in [1.807, 2.05) is 0 Å². The van der Waals surface area contributed by atoms with Crippen LogP contribution in [0.5, 0.6) is 0 Å². The van der Waals surface area contributed by atoms with Gasteiger partial charge in [-0.05, 0) is 18.2 Å². The highest BCUT2D eigenvalue weighted by atomic mass is 35.5. The SMILES string of the molecule is CS(=O)(=O)Nc1ccc(Cl)c(NS(=O)(=O)CCl)c1. The molecule has 0 unspecified atom stereocenters. The summed E-state index contributed by atoms with van der Waals surface area (Å²) >= 11 is 11.0. The Balaban J connectivity index is 3.10. The highest BCUT2D eigenvalue weighted by Gasteiger charge is 2.12. The second-order valence-electron chi connectivity index (χ2n) is 3.39. The van der Waals surface area contributed by atoms with Gasteiger partial charge in [0.05, 0.1) is 22.7 Å². The molecule has 0 saturated carbocycles. The molecule has 0 fully saturated rings. The van der Waals surface area contributed by atoms with Gasteiger partial charge in [0.25, 0.3) is 0 Å². The van der Waals surface area contributed by atoms with E-state index in [1.54, 1.807) is 0 Å². The second kappa shape index (κ2) is 5.52. The summed E-state index contributed by atoms with van der Waals surface area (Å²) in [7, 11) is -7.15. The van der Waals surface area contributed by atoms with Crippen molar-refractivity contribution in [3.8, 4) is 0 Å². The molecule has 0 radical (unpaired) electrons. The summed E-state index contributed by atoms with van der Waals surface area (Å²) in [4.78, 5) is 0. The third-order valence-corrected chi connectivity index (χ3v) is 4.29. The van der Waals surface area contributed by atoms with E-state index in [0.717, 1.165) is 6.26 Å². The van der Waals surface area contributed by atoms with E-state index in [9.17, 15) is 16.8 Å². The number of nitrogens with one attached hydrogen (secondary N) is 2. The predicted molar refractivity (Wildman–Crippen MR) is 73.2 cm³/mol. The first-order valence-corrected chi connectivity index (χ1v) is 8.92. The summed E-state index contributed by atoms with van der Waals surface area (Å²) in [5.41, 5.74) is 0.236. The van der Waals surface area contributed by atoms with Crippen LogP contribution in [0, 0.1) is 0 Å². The Morgan fingerprint density at radius 3 is 2.28 bits per heavy atom. The monoisotopic (exact) mass is 332 g/mol. The molecule has 1 aromatic rings. The molecule has 0 spiro atoms. The predicted octanol–water partition coefficient (Wildman–Crippen LogP) is 1.65. The number of sulfonamides is 2. The summed E-state index contributed by atoms with van der Waals surface area (Å²) < 4.78 is 49.0. The topological polar surface area (TPSA) is 92.3 Å². The van der Waals surface area contributed by atoms with Crippen LogP contribution in [0.2, 0.25) is 5.02 Å². The quantitative estimate of drug-likeness (QED) is 0.802. The number of rotatable bonds is 5. The number of anilines is 2. The minimum atomic E-state index is -3.70. The first kappa shape index (κ1) is 15.4. The van der Waals surface area contributed by atoms with E-state index >= 15 is 0 Å². The standard InChI is InChI=1S/C8H10Cl2N2O4S2/c1-17(13,14)11-6-2-3-7(10)8(4-6)12-18(15,16)5-9/h2-4,11-12H,5H2,1H3. The van der Waals surface area contributed by atoms with Gasteiger partial charge in [-0.2, -0.15) is 0 Å². The average molecular weight is 333 g/mol. The zero-order valence-electron chi connectivity index (χ0n) is 9.14. The number of benzene rings is 1. The minimum Gasteiger partial charge on any atom is -0.284 e. The third-order valence-electron chi connectivity index (χ3n) is 1.68. The van der Waals surface area contributed by atoms with Gasteiger partial charge in [-0.15, -0.1) is 11.6 Å². The van der Waals surface area contributed by atoms with Crippen molar-refractivity contribution in [3.05, 3.63) is 23.2 Å². The fourth-order valence-corrected chi connectivity index (χ4v) is 2.57. The summed E-state index contributed by atoms with van der Waals surface area (Å²) in [6, 6.07) is 4.02. The van der Waals surface area contributed by atoms with Crippen molar-refractivity contribution in [1.29, 1.82) is 0 Å². The Bertz CT molecular complexity index is 643. The smallest absolute Gasteiger partial charge is 0.246 e. The van der Waals surface area contributed by atoms with Crippen molar-refractivity contribution in [2.45, 2.75) is 0 Å². The van der Waals surface area contributed by atoms with Crippen LogP contribution in [0.1, 0.15) is 0 Å². The van der Waals surface area contributed by atoms with E-state index < -0.39 is 25.3 Å². The van der Waals surface area contributed by atoms with Gasteiger partial charge in [0.15, 0.2) is 0 Å². The molecule has 2 N–H and O–H groups in total. The molecule has 0 saturated heterocycles. The molecular weight excluding hydrogens is 323 g/mol. The zero-order valence-corrected chi connectivity index (χ0v) is 12.3. The molecular formula is C8H10Cl2N2O4S2. The minimum absolute atomic E-state index is 0.0472. The van der Waals surface area contributed by atoms with E-state index in [0.29, 0.717) is 0 Å². The van der Waals surface area contributed by atoms with Gasteiger partial charge in [-0.25, -0.2) is 16.8 Å². The first-order valence-electron chi connectivity index (χ1n) is 4.47. The summed E-state index contributed by atoms with van der Waals surface area (Å²) in [6.45, 7) is 0. The van der Waals surface area contributed by atoms with Crippen molar-refractivity contribution >= 4 is 54.6 Å². The highest BCUT2D eigenvalue weighted by Crippen LogP contribution is 2.27. The van der Waals surface area contributed by atoms with Crippen LogP contribution < -0.4 is 9.44 Å². The van der Waals surface area contributed by atoms with E-state index in [4.69, 9.17) is 23.2 Å². The summed E-state index contributed by atoms with van der Waals surface area (Å²) in [6.07, 6.45) is 0.976. The molecule has 18 heavy (non-hydrogen) atoms. The Kier molecular flexibility index (Phi) is 4.71. The third kappa shape index (κ3) is 4.89. The molecule has 0 aromatic heterocycles. The zero-order chi connectivity index (χ0) is 14.0. The molecule has 0 amide bonds. The maximum Gasteiger partial charge on any atom is 0.246 e. The van der Waals surface area contributed by atoms with Crippen LogP contribution in [-0.2, 0) is 20.0 Å². The summed E-state index contributed by atoms with van der Waals surface area (Å²) in [5, 5.41) is -0.504. The lowest BCUT2D eigenvalue weighted by molar-refractivity contribution is 0.604. The molecule has 0 aliphatic heterocycles. The molecule has 0 aliphatic carbocycles. The molecule has 0 bridgehead atoms. The maximum atomic E-state index is 11.3. The van der Waals surface area contributed by atoms with Gasteiger partial charge in [0.1, 0.15) is 5.21 Å². The van der Waals surface area contributed by atoms with Gasteiger partial charge in [0.2, 0.25) is 20.0 Å². The number of alkyl halides is 1.